The monoisotopic (exact) mass is 366 g/mol. The van der Waals surface area contributed by atoms with E-state index in [0.29, 0.717) is 24.6 Å². The molecule has 7 heteroatoms. The van der Waals surface area contributed by atoms with Crippen molar-refractivity contribution in [3.63, 3.8) is 0 Å². The van der Waals surface area contributed by atoms with Crippen molar-refractivity contribution in [3.05, 3.63) is 51.0 Å². The summed E-state index contributed by atoms with van der Waals surface area (Å²) >= 11 is 1.64. The summed E-state index contributed by atoms with van der Waals surface area (Å²) in [5.74, 6) is -0.550. The van der Waals surface area contributed by atoms with Crippen molar-refractivity contribution < 1.29 is 8.78 Å². The van der Waals surface area contributed by atoms with Gasteiger partial charge in [-0.3, -0.25) is 0 Å². The van der Waals surface area contributed by atoms with Gasteiger partial charge in [-0.05, 0) is 32.4 Å². The van der Waals surface area contributed by atoms with Gasteiger partial charge in [0.05, 0.1) is 12.2 Å². The molecule has 2 aromatic rings. The maximum absolute atomic E-state index is 13.9. The fraction of sp³-hybridized carbons (Fsp3) is 0.444. The number of hydrogen-bond acceptors (Lipinski definition) is 3. The number of hydrogen-bond donors (Lipinski definition) is 2. The first-order valence-electron chi connectivity index (χ1n) is 8.30. The van der Waals surface area contributed by atoms with Crippen LogP contribution in [0.3, 0.4) is 0 Å². The molecule has 0 aliphatic rings. The number of nitrogens with zero attached hydrogens (tertiary/aromatic N) is 2. The summed E-state index contributed by atoms with van der Waals surface area (Å²) in [7, 11) is 0. The zero-order valence-corrected chi connectivity index (χ0v) is 15.8. The van der Waals surface area contributed by atoms with Gasteiger partial charge in [0.1, 0.15) is 16.6 Å². The van der Waals surface area contributed by atoms with Crippen LogP contribution < -0.4 is 10.6 Å². The summed E-state index contributed by atoms with van der Waals surface area (Å²) < 4.78 is 26.9. The van der Waals surface area contributed by atoms with E-state index in [1.807, 2.05) is 27.7 Å². The molecule has 0 amide bonds. The fourth-order valence-corrected chi connectivity index (χ4v) is 3.21. The van der Waals surface area contributed by atoms with Gasteiger partial charge >= 0.3 is 0 Å². The lowest BCUT2D eigenvalue weighted by Gasteiger charge is -2.16. The minimum absolute atomic E-state index is 0.117. The summed E-state index contributed by atoms with van der Waals surface area (Å²) in [5.41, 5.74) is 1.52. The third-order valence-electron chi connectivity index (χ3n) is 3.86. The van der Waals surface area contributed by atoms with E-state index in [9.17, 15) is 8.78 Å². The molecule has 2 rings (SSSR count). The molecule has 4 nitrogen and oxygen atoms in total. The summed E-state index contributed by atoms with van der Waals surface area (Å²) in [6.07, 6.45) is 0. The van der Waals surface area contributed by atoms with Gasteiger partial charge in [0.2, 0.25) is 0 Å². The van der Waals surface area contributed by atoms with Crippen molar-refractivity contribution in [1.82, 2.24) is 15.6 Å². The molecule has 0 saturated carbocycles. The van der Waals surface area contributed by atoms with Gasteiger partial charge in [0.15, 0.2) is 5.96 Å². The smallest absolute Gasteiger partial charge is 0.191 e. The standard InChI is InChI=1S/C18H24F2N4S/c1-5-21-18(23-10-17-24-12(3)13(4)25-17)22-9-11(2)15-7-6-14(19)8-16(15)20/h6-8,11H,5,9-10H2,1-4H3,(H2,21,22,23). The van der Waals surface area contributed by atoms with E-state index in [-0.39, 0.29) is 5.92 Å². The Labute approximate surface area is 151 Å². The average Bonchev–Trinajstić information content (AvgIpc) is 2.88. The summed E-state index contributed by atoms with van der Waals surface area (Å²) in [6.45, 7) is 9.61. The Morgan fingerprint density at radius 1 is 1.28 bits per heavy atom. The van der Waals surface area contributed by atoms with Crippen LogP contribution in [0.25, 0.3) is 0 Å². The Kier molecular flexibility index (Phi) is 6.87. The Balaban J connectivity index is 1.99. The van der Waals surface area contributed by atoms with Crippen LogP contribution in [0.2, 0.25) is 0 Å². The third kappa shape index (κ3) is 5.49. The molecule has 1 atom stereocenters. The van der Waals surface area contributed by atoms with E-state index in [1.54, 1.807) is 11.3 Å². The molecule has 0 radical (unpaired) electrons. The minimum atomic E-state index is -0.564. The van der Waals surface area contributed by atoms with Crippen LogP contribution in [0, 0.1) is 25.5 Å². The van der Waals surface area contributed by atoms with Gasteiger partial charge in [-0.1, -0.05) is 13.0 Å². The number of halogens is 2. The molecule has 2 N–H and O–H groups in total. The van der Waals surface area contributed by atoms with Crippen LogP contribution in [0.5, 0.6) is 0 Å². The van der Waals surface area contributed by atoms with E-state index < -0.39 is 11.6 Å². The number of aliphatic imine (C=N–C) groups is 1. The molecule has 1 aromatic carbocycles. The van der Waals surface area contributed by atoms with Gasteiger partial charge in [-0.2, -0.15) is 0 Å². The zero-order valence-electron chi connectivity index (χ0n) is 15.0. The van der Waals surface area contributed by atoms with Gasteiger partial charge < -0.3 is 10.6 Å². The largest absolute Gasteiger partial charge is 0.357 e. The van der Waals surface area contributed by atoms with E-state index >= 15 is 0 Å². The van der Waals surface area contributed by atoms with E-state index in [2.05, 4.69) is 20.6 Å². The highest BCUT2D eigenvalue weighted by molar-refractivity contribution is 7.11. The van der Waals surface area contributed by atoms with Crippen molar-refractivity contribution in [2.24, 2.45) is 4.99 Å². The fourth-order valence-electron chi connectivity index (χ4n) is 2.36. The van der Waals surface area contributed by atoms with Crippen LogP contribution in [0.4, 0.5) is 8.78 Å². The number of guanidine groups is 1. The second kappa shape index (κ2) is 8.89. The molecule has 0 fully saturated rings. The second-order valence-electron chi connectivity index (χ2n) is 5.89. The highest BCUT2D eigenvalue weighted by Crippen LogP contribution is 2.19. The molecular weight excluding hydrogens is 342 g/mol. The number of thiazole rings is 1. The number of rotatable bonds is 6. The van der Waals surface area contributed by atoms with Crippen LogP contribution in [-0.2, 0) is 6.54 Å². The van der Waals surface area contributed by atoms with Crippen molar-refractivity contribution in [2.75, 3.05) is 13.1 Å². The highest BCUT2D eigenvalue weighted by Gasteiger charge is 2.12. The predicted molar refractivity (Wildman–Crippen MR) is 99.2 cm³/mol. The third-order valence-corrected chi connectivity index (χ3v) is 4.92. The SMILES string of the molecule is CCNC(=NCc1nc(C)c(C)s1)NCC(C)c1ccc(F)cc1F. The predicted octanol–water partition coefficient (Wildman–Crippen LogP) is 3.90. The zero-order chi connectivity index (χ0) is 18.4. The first kappa shape index (κ1) is 19.3. The Morgan fingerprint density at radius 2 is 2.04 bits per heavy atom. The number of aryl methyl sites for hydroxylation is 2. The van der Waals surface area contributed by atoms with Crippen molar-refractivity contribution in [1.29, 1.82) is 0 Å². The molecule has 1 aromatic heterocycles. The number of benzene rings is 1. The second-order valence-corrected chi connectivity index (χ2v) is 7.18. The number of aromatic nitrogens is 1. The van der Waals surface area contributed by atoms with Crippen molar-refractivity contribution in [2.45, 2.75) is 40.2 Å². The van der Waals surface area contributed by atoms with Crippen molar-refractivity contribution in [3.8, 4) is 0 Å². The molecule has 1 unspecified atom stereocenters. The van der Waals surface area contributed by atoms with Crippen LogP contribution in [0.1, 0.15) is 40.9 Å². The average molecular weight is 366 g/mol. The summed E-state index contributed by atoms with van der Waals surface area (Å²) in [5, 5.41) is 7.34. The van der Waals surface area contributed by atoms with Gasteiger partial charge in [-0.15, -0.1) is 11.3 Å². The Morgan fingerprint density at radius 3 is 2.64 bits per heavy atom. The molecule has 25 heavy (non-hydrogen) atoms. The van der Waals surface area contributed by atoms with E-state index in [1.165, 1.54) is 17.0 Å². The van der Waals surface area contributed by atoms with Gasteiger partial charge in [0, 0.05) is 30.0 Å². The lowest BCUT2D eigenvalue weighted by molar-refractivity contribution is 0.556. The quantitative estimate of drug-likeness (QED) is 0.602. The topological polar surface area (TPSA) is 49.3 Å². The molecule has 1 heterocycles. The molecule has 0 aliphatic heterocycles. The van der Waals surface area contributed by atoms with Crippen LogP contribution in [0.15, 0.2) is 23.2 Å². The molecular formula is C18H24F2N4S. The maximum Gasteiger partial charge on any atom is 0.191 e. The lowest BCUT2D eigenvalue weighted by Crippen LogP contribution is -2.39. The Bertz CT molecular complexity index is 723. The maximum atomic E-state index is 13.9. The number of nitrogens with one attached hydrogen (secondary N) is 2. The molecule has 0 aliphatic carbocycles. The molecule has 0 bridgehead atoms. The first-order chi connectivity index (χ1) is 11.9. The highest BCUT2D eigenvalue weighted by atomic mass is 32.1. The minimum Gasteiger partial charge on any atom is -0.357 e. The van der Waals surface area contributed by atoms with Gasteiger partial charge in [0.25, 0.3) is 0 Å². The normalized spacial score (nSPS) is 13.0. The van der Waals surface area contributed by atoms with Crippen LogP contribution in [-0.4, -0.2) is 24.0 Å². The van der Waals surface area contributed by atoms with Gasteiger partial charge in [-0.25, -0.2) is 18.8 Å². The van der Waals surface area contributed by atoms with Crippen LogP contribution >= 0.6 is 11.3 Å². The summed E-state index contributed by atoms with van der Waals surface area (Å²) in [6, 6.07) is 3.68. The summed E-state index contributed by atoms with van der Waals surface area (Å²) in [4.78, 5) is 10.2. The molecule has 136 valence electrons. The van der Waals surface area contributed by atoms with Crippen molar-refractivity contribution >= 4 is 17.3 Å². The molecule has 0 saturated heterocycles. The van der Waals surface area contributed by atoms with E-state index in [0.717, 1.165) is 23.3 Å². The first-order valence-corrected chi connectivity index (χ1v) is 9.12. The lowest BCUT2D eigenvalue weighted by atomic mass is 10.0. The molecule has 0 spiro atoms. The Hall–Kier alpha value is -2.02. The van der Waals surface area contributed by atoms with E-state index in [4.69, 9.17) is 0 Å².